The molecule has 3 N–H and O–H groups in total. The molecule has 0 radical (unpaired) electrons. The number of carbonyl (C=O) groups excluding carboxylic acids is 1. The Morgan fingerprint density at radius 3 is 2.57 bits per heavy atom. The number of methoxy groups -OCH3 is 1. The van der Waals surface area contributed by atoms with Gasteiger partial charge < -0.3 is 24.8 Å². The van der Waals surface area contributed by atoms with Crippen LogP contribution in [0.3, 0.4) is 0 Å². The van der Waals surface area contributed by atoms with E-state index in [1.54, 1.807) is 25.4 Å². The average Bonchev–Trinajstić information content (AvgIpc) is 2.85. The monoisotopic (exact) mass is 475 g/mol. The minimum absolute atomic E-state index is 0.145. The van der Waals surface area contributed by atoms with Crippen molar-refractivity contribution >= 4 is 13.0 Å². The summed E-state index contributed by atoms with van der Waals surface area (Å²) in [5.74, 6) is 0.357. The Hall–Kier alpha value is -3.87. The predicted molar refractivity (Wildman–Crippen MR) is 134 cm³/mol. The summed E-state index contributed by atoms with van der Waals surface area (Å²) in [4.78, 5) is 16.0. The van der Waals surface area contributed by atoms with Crippen molar-refractivity contribution in [2.75, 3.05) is 13.7 Å². The van der Waals surface area contributed by atoms with Crippen LogP contribution < -0.4 is 14.8 Å². The van der Waals surface area contributed by atoms with Gasteiger partial charge in [-0.05, 0) is 48.7 Å². The second-order valence-corrected chi connectivity index (χ2v) is 7.68. The Morgan fingerprint density at radius 1 is 1.14 bits per heavy atom. The van der Waals surface area contributed by atoms with Gasteiger partial charge in [0.05, 0.1) is 44.3 Å². The number of nitrogens with zero attached hydrogens (tertiary/aromatic N) is 2. The molecule has 1 aromatic heterocycles. The summed E-state index contributed by atoms with van der Waals surface area (Å²) in [6, 6.07) is 22.6. The second kappa shape index (κ2) is 15.1. The fourth-order valence-electron chi connectivity index (χ4n) is 3.16. The maximum absolute atomic E-state index is 12.0. The molecular formula is C26H30BN3O5. The van der Waals surface area contributed by atoms with E-state index in [-0.39, 0.29) is 18.9 Å². The van der Waals surface area contributed by atoms with Crippen molar-refractivity contribution < 1.29 is 24.3 Å². The molecule has 3 rings (SSSR count). The quantitative estimate of drug-likeness (QED) is 0.385. The lowest BCUT2D eigenvalue weighted by atomic mass is 9.76. The first-order chi connectivity index (χ1) is 16.9. The van der Waals surface area contributed by atoms with Crippen LogP contribution in [0, 0.1) is 18.3 Å². The Bertz CT molecular complexity index is 1090. The van der Waals surface area contributed by atoms with Crippen molar-refractivity contribution in [3.63, 3.8) is 0 Å². The topological polar surface area (TPSA) is 125 Å². The number of aromatic nitrogens is 1. The normalized spacial score (nSPS) is 10.7. The van der Waals surface area contributed by atoms with E-state index in [4.69, 9.17) is 14.7 Å². The number of ether oxygens (including phenoxy) is 2. The molecule has 0 spiro atoms. The largest absolute Gasteiger partial charge is 0.495 e. The van der Waals surface area contributed by atoms with Crippen molar-refractivity contribution in [3.8, 4) is 17.6 Å². The van der Waals surface area contributed by atoms with Gasteiger partial charge in [0.25, 0.3) is 0 Å². The summed E-state index contributed by atoms with van der Waals surface area (Å²) in [5.41, 5.74) is 2.70. The minimum Gasteiger partial charge on any atom is -0.495 e. The number of amides is 1. The predicted octanol–water partition coefficient (Wildman–Crippen LogP) is 2.66. The van der Waals surface area contributed by atoms with E-state index in [0.29, 0.717) is 30.0 Å². The van der Waals surface area contributed by atoms with Gasteiger partial charge in [0.2, 0.25) is 5.91 Å². The van der Waals surface area contributed by atoms with Crippen LogP contribution in [0.1, 0.15) is 23.2 Å². The summed E-state index contributed by atoms with van der Waals surface area (Å²) < 4.78 is 10.5. The van der Waals surface area contributed by atoms with Crippen LogP contribution in [0.5, 0.6) is 11.5 Å². The minimum atomic E-state index is -1.62. The van der Waals surface area contributed by atoms with Crippen LogP contribution in [0.2, 0.25) is 0 Å². The zero-order chi connectivity index (χ0) is 25.5. The second-order valence-electron chi connectivity index (χ2n) is 7.68. The number of pyridine rings is 1. The summed E-state index contributed by atoms with van der Waals surface area (Å²) in [6.07, 6.45) is 2.44. The molecule has 8 nitrogen and oxygen atoms in total. The fourth-order valence-corrected chi connectivity index (χ4v) is 3.16. The Morgan fingerprint density at radius 2 is 1.91 bits per heavy atom. The number of hydrogen-bond acceptors (Lipinski definition) is 7. The van der Waals surface area contributed by atoms with Crippen LogP contribution in [-0.2, 0) is 17.6 Å². The third-order valence-corrected chi connectivity index (χ3v) is 4.91. The highest BCUT2D eigenvalue weighted by Gasteiger charge is 2.25. The molecule has 0 saturated carbocycles. The molecule has 0 aliphatic heterocycles. The van der Waals surface area contributed by atoms with Gasteiger partial charge in [-0.15, -0.1) is 0 Å². The Labute approximate surface area is 206 Å². The first kappa shape index (κ1) is 27.4. The first-order valence-electron chi connectivity index (χ1n) is 11.2. The summed E-state index contributed by atoms with van der Waals surface area (Å²) in [7, 11) is -0.0513. The molecular weight excluding hydrogens is 445 g/mol. The van der Waals surface area contributed by atoms with Crippen LogP contribution in [0.15, 0.2) is 72.9 Å². The van der Waals surface area contributed by atoms with Gasteiger partial charge in [0.1, 0.15) is 11.5 Å². The molecule has 1 unspecified atom stereocenters. The first-order valence-corrected chi connectivity index (χ1v) is 11.2. The molecule has 0 saturated heterocycles. The maximum Gasteiger partial charge on any atom is 0.475 e. The molecule has 2 aromatic carbocycles. The lowest BCUT2D eigenvalue weighted by molar-refractivity contribution is -0.122. The molecule has 1 amide bonds. The van der Waals surface area contributed by atoms with Crippen molar-refractivity contribution in [1.29, 1.82) is 5.26 Å². The summed E-state index contributed by atoms with van der Waals surface area (Å²) >= 11 is 0. The van der Waals surface area contributed by atoms with Gasteiger partial charge in [-0.1, -0.05) is 42.5 Å². The van der Waals surface area contributed by atoms with Crippen molar-refractivity contribution in [3.05, 3.63) is 89.7 Å². The van der Waals surface area contributed by atoms with Crippen LogP contribution in [0.4, 0.5) is 0 Å². The molecule has 0 aliphatic rings. The number of benzene rings is 2. The Kier molecular flexibility index (Phi) is 11.8. The van der Waals surface area contributed by atoms with Crippen LogP contribution >= 0.6 is 0 Å². The van der Waals surface area contributed by atoms with Gasteiger partial charge in [-0.3, -0.25) is 9.78 Å². The van der Waals surface area contributed by atoms with Gasteiger partial charge >= 0.3 is 7.12 Å². The molecule has 1 atom stereocenters. The van der Waals surface area contributed by atoms with Crippen LogP contribution in [0.25, 0.3) is 0 Å². The van der Waals surface area contributed by atoms with Gasteiger partial charge in [0, 0.05) is 6.20 Å². The molecule has 3 aromatic rings. The van der Waals surface area contributed by atoms with Crippen molar-refractivity contribution in [1.82, 2.24) is 10.3 Å². The van der Waals surface area contributed by atoms with E-state index < -0.39 is 13.1 Å². The van der Waals surface area contributed by atoms with E-state index >= 15 is 0 Å². The lowest BCUT2D eigenvalue weighted by Crippen LogP contribution is -2.48. The number of nitrogens with one attached hydrogen (secondary N) is 1. The highest BCUT2D eigenvalue weighted by atomic mass is 16.5. The van der Waals surface area contributed by atoms with Crippen LogP contribution in [-0.4, -0.2) is 47.7 Å². The number of hydrogen-bond donors (Lipinski definition) is 3. The molecule has 0 fully saturated rings. The summed E-state index contributed by atoms with van der Waals surface area (Å²) in [5, 5.41) is 30.0. The van der Waals surface area contributed by atoms with Gasteiger partial charge in [0.15, 0.2) is 0 Å². The third-order valence-electron chi connectivity index (χ3n) is 4.91. The average molecular weight is 475 g/mol. The number of nitriles is 1. The highest BCUT2D eigenvalue weighted by Crippen LogP contribution is 2.14. The number of rotatable bonds is 10. The number of aryl methyl sites for hydroxylation is 1. The highest BCUT2D eigenvalue weighted by molar-refractivity contribution is 6.43. The van der Waals surface area contributed by atoms with Gasteiger partial charge in [-0.2, -0.15) is 5.26 Å². The number of carbonyl (C=O) groups is 1. The zero-order valence-corrected chi connectivity index (χ0v) is 19.9. The van der Waals surface area contributed by atoms with E-state index in [2.05, 4.69) is 10.3 Å². The molecule has 1 heterocycles. The molecule has 0 bridgehead atoms. The van der Waals surface area contributed by atoms with E-state index in [9.17, 15) is 14.8 Å². The summed E-state index contributed by atoms with van der Waals surface area (Å²) in [6.45, 7) is 2.20. The van der Waals surface area contributed by atoms with E-state index in [1.165, 1.54) is 0 Å². The standard InChI is InChI=1S/C18H22BNO4.C8H8N2O/c1-14-6-5-9-16(12-14)24-11-10-18(21)20-17(19(22)23)13-15-7-3-2-4-8-15;1-11-8-3-2-6-10-7(8)4-5-9/h2-9,12,17,22-23H,10-11,13H2,1H3,(H,20,21);2-3,6H,4H2,1H3. The molecule has 35 heavy (non-hydrogen) atoms. The van der Waals surface area contributed by atoms with E-state index in [0.717, 1.165) is 11.1 Å². The maximum atomic E-state index is 12.0. The fraction of sp³-hybridized carbons (Fsp3) is 0.269. The third kappa shape index (κ3) is 10.3. The van der Waals surface area contributed by atoms with E-state index in [1.807, 2.05) is 67.6 Å². The Balaban J connectivity index is 0.000000328. The van der Waals surface area contributed by atoms with Crippen molar-refractivity contribution in [2.45, 2.75) is 32.1 Å². The van der Waals surface area contributed by atoms with Crippen molar-refractivity contribution in [2.24, 2.45) is 0 Å². The molecule has 182 valence electrons. The van der Waals surface area contributed by atoms with Gasteiger partial charge in [-0.25, -0.2) is 0 Å². The smallest absolute Gasteiger partial charge is 0.475 e. The molecule has 9 heteroatoms. The SMILES string of the molecule is COc1cccnc1CC#N.Cc1cccc(OCCC(=O)NC(Cc2ccccc2)B(O)O)c1. The molecule has 0 aliphatic carbocycles. The lowest BCUT2D eigenvalue weighted by Gasteiger charge is -2.18. The zero-order valence-electron chi connectivity index (χ0n) is 19.9.